The quantitative estimate of drug-likeness (QED) is 0.591. The zero-order valence-electron chi connectivity index (χ0n) is 16.2. The Bertz CT molecular complexity index is 814. The number of hydrazine groups is 1. The molecule has 1 saturated heterocycles. The second-order valence-corrected chi connectivity index (χ2v) is 7.50. The largest absolute Gasteiger partial charge is 0.455 e. The predicted molar refractivity (Wildman–Crippen MR) is 99.9 cm³/mol. The van der Waals surface area contributed by atoms with Crippen LogP contribution >= 0.6 is 0 Å². The average Bonchev–Trinajstić information content (AvgIpc) is 2.88. The number of hydrogen-bond acceptors (Lipinski definition) is 5. The molecule has 28 heavy (non-hydrogen) atoms. The van der Waals surface area contributed by atoms with Crippen molar-refractivity contribution in [3.8, 4) is 0 Å². The molecule has 0 atom stereocenters. The maximum Gasteiger partial charge on any atom is 0.344 e. The van der Waals surface area contributed by atoms with Gasteiger partial charge in [0.2, 0.25) is 0 Å². The maximum absolute atomic E-state index is 12.6. The van der Waals surface area contributed by atoms with E-state index in [4.69, 9.17) is 4.74 Å². The van der Waals surface area contributed by atoms with E-state index in [1.165, 1.54) is 0 Å². The summed E-state index contributed by atoms with van der Waals surface area (Å²) in [6.07, 6.45) is 3.89. The number of amides is 4. The van der Waals surface area contributed by atoms with Crippen LogP contribution in [-0.2, 0) is 25.5 Å². The van der Waals surface area contributed by atoms with E-state index in [0.717, 1.165) is 36.0 Å². The number of carbonyl (C=O) groups excluding carboxylic acids is 4. The summed E-state index contributed by atoms with van der Waals surface area (Å²) in [7, 11) is 0. The Kier molecular flexibility index (Phi) is 5.67. The van der Waals surface area contributed by atoms with Gasteiger partial charge >= 0.3 is 12.0 Å². The van der Waals surface area contributed by atoms with Gasteiger partial charge in [-0.3, -0.25) is 19.8 Å². The van der Waals surface area contributed by atoms with Crippen LogP contribution in [0.1, 0.15) is 48.8 Å². The first-order valence-electron chi connectivity index (χ1n) is 9.49. The summed E-state index contributed by atoms with van der Waals surface area (Å²) in [5.74, 6) is -1.74. The molecule has 2 aliphatic rings. The molecule has 0 aromatic heterocycles. The monoisotopic (exact) mass is 387 g/mol. The van der Waals surface area contributed by atoms with Crippen molar-refractivity contribution in [3.05, 3.63) is 34.9 Å². The third-order valence-electron chi connectivity index (χ3n) is 5.39. The highest BCUT2D eigenvalue weighted by atomic mass is 16.5. The van der Waals surface area contributed by atoms with Crippen molar-refractivity contribution in [2.24, 2.45) is 0 Å². The van der Waals surface area contributed by atoms with E-state index in [9.17, 15) is 19.2 Å². The first-order valence-corrected chi connectivity index (χ1v) is 9.49. The number of nitrogens with one attached hydrogen (secondary N) is 2. The molecule has 1 saturated carbocycles. The lowest BCUT2D eigenvalue weighted by molar-refractivity contribution is -0.150. The van der Waals surface area contributed by atoms with Crippen molar-refractivity contribution >= 4 is 23.8 Å². The number of aryl methyl sites for hydroxylation is 2. The molecule has 8 heteroatoms. The molecule has 2 N–H and O–H groups in total. The Balaban J connectivity index is 1.50. The molecule has 8 nitrogen and oxygen atoms in total. The van der Waals surface area contributed by atoms with E-state index in [2.05, 4.69) is 10.7 Å². The Hall–Kier alpha value is -2.90. The smallest absolute Gasteiger partial charge is 0.344 e. The van der Waals surface area contributed by atoms with E-state index in [1.807, 2.05) is 32.0 Å². The standard InChI is InChI=1S/C20H25N3O5/c1-13-6-7-15(10-14(13)2)11-17(25)28-12-16(24)22-23-18(26)20(21-19(23)27)8-4-3-5-9-20/h6-7,10H,3-5,8-9,11-12H2,1-2H3,(H,21,27)(H,22,24). The number of hydrogen-bond donors (Lipinski definition) is 2. The fraction of sp³-hybridized carbons (Fsp3) is 0.500. The van der Waals surface area contributed by atoms with Gasteiger partial charge in [-0.05, 0) is 43.4 Å². The normalized spacial score (nSPS) is 18.1. The second-order valence-electron chi connectivity index (χ2n) is 7.50. The third kappa shape index (κ3) is 4.16. The van der Waals surface area contributed by atoms with Gasteiger partial charge in [-0.1, -0.05) is 37.5 Å². The van der Waals surface area contributed by atoms with Crippen molar-refractivity contribution in [1.82, 2.24) is 15.8 Å². The third-order valence-corrected chi connectivity index (χ3v) is 5.39. The fourth-order valence-electron chi connectivity index (χ4n) is 3.65. The van der Waals surface area contributed by atoms with E-state index in [-0.39, 0.29) is 6.42 Å². The summed E-state index contributed by atoms with van der Waals surface area (Å²) in [6.45, 7) is 3.37. The molecule has 4 amide bonds. The highest BCUT2D eigenvalue weighted by Gasteiger charge is 2.52. The minimum absolute atomic E-state index is 0.0423. The Morgan fingerprint density at radius 2 is 1.86 bits per heavy atom. The minimum atomic E-state index is -0.914. The molecular formula is C20H25N3O5. The molecule has 1 aromatic carbocycles. The molecule has 1 aromatic rings. The van der Waals surface area contributed by atoms with Crippen LogP contribution in [0.5, 0.6) is 0 Å². The van der Waals surface area contributed by atoms with Crippen LogP contribution in [0.2, 0.25) is 0 Å². The number of ether oxygens (including phenoxy) is 1. The van der Waals surface area contributed by atoms with Gasteiger partial charge in [-0.15, -0.1) is 0 Å². The summed E-state index contributed by atoms with van der Waals surface area (Å²) in [5.41, 5.74) is 4.31. The molecular weight excluding hydrogens is 362 g/mol. The van der Waals surface area contributed by atoms with Crippen LogP contribution in [-0.4, -0.2) is 41.0 Å². The van der Waals surface area contributed by atoms with Crippen LogP contribution in [0, 0.1) is 13.8 Å². The number of urea groups is 1. The van der Waals surface area contributed by atoms with E-state index >= 15 is 0 Å². The number of esters is 1. The van der Waals surface area contributed by atoms with Crippen molar-refractivity contribution < 1.29 is 23.9 Å². The van der Waals surface area contributed by atoms with Gasteiger partial charge < -0.3 is 10.1 Å². The van der Waals surface area contributed by atoms with Crippen molar-refractivity contribution in [1.29, 1.82) is 0 Å². The first-order chi connectivity index (χ1) is 13.3. The number of nitrogens with zero attached hydrogens (tertiary/aromatic N) is 1. The van der Waals surface area contributed by atoms with Crippen LogP contribution in [0.4, 0.5) is 4.79 Å². The van der Waals surface area contributed by atoms with Gasteiger partial charge in [0, 0.05) is 0 Å². The van der Waals surface area contributed by atoms with Gasteiger partial charge in [-0.25, -0.2) is 4.79 Å². The summed E-state index contributed by atoms with van der Waals surface area (Å²) < 4.78 is 4.97. The number of rotatable bonds is 5. The molecule has 150 valence electrons. The van der Waals surface area contributed by atoms with Crippen molar-refractivity contribution in [3.63, 3.8) is 0 Å². The highest BCUT2D eigenvalue weighted by Crippen LogP contribution is 2.32. The van der Waals surface area contributed by atoms with E-state index < -0.39 is 36.0 Å². The van der Waals surface area contributed by atoms with E-state index in [0.29, 0.717) is 17.9 Å². The van der Waals surface area contributed by atoms with Crippen LogP contribution in [0.3, 0.4) is 0 Å². The van der Waals surface area contributed by atoms with Gasteiger partial charge in [0.25, 0.3) is 11.8 Å². The van der Waals surface area contributed by atoms with Crippen LogP contribution in [0.25, 0.3) is 0 Å². The lowest BCUT2D eigenvalue weighted by atomic mass is 9.82. The second kappa shape index (κ2) is 8.00. The molecule has 1 aliphatic carbocycles. The van der Waals surface area contributed by atoms with Gasteiger partial charge in [0.05, 0.1) is 6.42 Å². The fourth-order valence-corrected chi connectivity index (χ4v) is 3.65. The van der Waals surface area contributed by atoms with Crippen molar-refractivity contribution in [2.75, 3.05) is 6.61 Å². The molecule has 3 rings (SSSR count). The molecule has 1 aliphatic heterocycles. The average molecular weight is 387 g/mol. The summed E-state index contributed by atoms with van der Waals surface area (Å²) in [6, 6.07) is 5.00. The molecule has 1 heterocycles. The Labute approximate surface area is 163 Å². The minimum Gasteiger partial charge on any atom is -0.455 e. The summed E-state index contributed by atoms with van der Waals surface area (Å²) in [5, 5.41) is 3.40. The molecule has 0 radical (unpaired) electrons. The molecule has 0 bridgehead atoms. The molecule has 0 unspecified atom stereocenters. The maximum atomic E-state index is 12.6. The SMILES string of the molecule is Cc1ccc(CC(=O)OCC(=O)NN2C(=O)NC3(CCCCC3)C2=O)cc1C. The van der Waals surface area contributed by atoms with Crippen LogP contribution < -0.4 is 10.7 Å². The number of imide groups is 1. The van der Waals surface area contributed by atoms with E-state index in [1.54, 1.807) is 0 Å². The Morgan fingerprint density at radius 1 is 1.14 bits per heavy atom. The molecule has 2 fully saturated rings. The first kappa shape index (κ1) is 19.9. The lowest BCUT2D eigenvalue weighted by Gasteiger charge is -2.30. The Morgan fingerprint density at radius 3 is 2.54 bits per heavy atom. The number of carbonyl (C=O) groups is 4. The predicted octanol–water partition coefficient (Wildman–Crippen LogP) is 1.68. The van der Waals surface area contributed by atoms with Crippen LogP contribution in [0.15, 0.2) is 18.2 Å². The lowest BCUT2D eigenvalue weighted by Crippen LogP contribution is -2.51. The van der Waals surface area contributed by atoms with Gasteiger partial charge in [-0.2, -0.15) is 5.01 Å². The van der Waals surface area contributed by atoms with Gasteiger partial charge in [0.1, 0.15) is 5.54 Å². The summed E-state index contributed by atoms with van der Waals surface area (Å²) in [4.78, 5) is 48.7. The molecule has 1 spiro atoms. The zero-order chi connectivity index (χ0) is 20.3. The summed E-state index contributed by atoms with van der Waals surface area (Å²) >= 11 is 0. The zero-order valence-corrected chi connectivity index (χ0v) is 16.2. The number of benzene rings is 1. The topological polar surface area (TPSA) is 105 Å². The highest BCUT2D eigenvalue weighted by molar-refractivity contribution is 6.08. The van der Waals surface area contributed by atoms with Gasteiger partial charge in [0.15, 0.2) is 6.61 Å². The van der Waals surface area contributed by atoms with Crippen molar-refractivity contribution in [2.45, 2.75) is 57.9 Å².